The molecule has 0 aliphatic rings. The van der Waals surface area contributed by atoms with Crippen molar-refractivity contribution in [3.05, 3.63) is 76.6 Å². The van der Waals surface area contributed by atoms with Gasteiger partial charge in [0, 0.05) is 18.5 Å². The summed E-state index contributed by atoms with van der Waals surface area (Å²) in [5.41, 5.74) is 3.51. The number of hydrogen-bond donors (Lipinski definition) is 2. The standard InChI is InChI=1S/C30H33ClN4O5/c1-18(2)17-35-27(30(37)40-5)26(34-24(36)13-19-9-7-6-8-10-19)22-14-21(16-33-29(22)35)32-15-20-11-12-23(38-3)28(39-4)25(20)31/h6-12,14,16,18,32H,13,15,17H2,1-5H3,(H,34,36). The van der Waals surface area contributed by atoms with E-state index in [9.17, 15) is 9.59 Å². The zero-order chi connectivity index (χ0) is 28.8. The molecule has 0 fully saturated rings. The summed E-state index contributed by atoms with van der Waals surface area (Å²) in [5, 5.41) is 7.36. The van der Waals surface area contributed by atoms with Gasteiger partial charge >= 0.3 is 5.97 Å². The molecule has 1 amide bonds. The lowest BCUT2D eigenvalue weighted by molar-refractivity contribution is -0.115. The Kier molecular flexibility index (Phi) is 9.16. The minimum absolute atomic E-state index is 0.154. The second-order valence-electron chi connectivity index (χ2n) is 9.65. The molecular weight excluding hydrogens is 532 g/mol. The summed E-state index contributed by atoms with van der Waals surface area (Å²) < 4.78 is 17.7. The zero-order valence-corrected chi connectivity index (χ0v) is 24.0. The van der Waals surface area contributed by atoms with E-state index in [1.807, 2.05) is 56.3 Å². The third-order valence-electron chi connectivity index (χ3n) is 6.34. The van der Waals surface area contributed by atoms with E-state index in [1.54, 1.807) is 23.9 Å². The first-order chi connectivity index (χ1) is 19.3. The van der Waals surface area contributed by atoms with Crippen molar-refractivity contribution in [2.24, 2.45) is 5.92 Å². The van der Waals surface area contributed by atoms with Gasteiger partial charge in [-0.25, -0.2) is 9.78 Å². The van der Waals surface area contributed by atoms with Crippen LogP contribution < -0.4 is 20.1 Å². The normalized spacial score (nSPS) is 11.0. The molecule has 9 nitrogen and oxygen atoms in total. The molecule has 2 aromatic carbocycles. The number of ether oxygens (including phenoxy) is 3. The first kappa shape index (κ1) is 28.8. The van der Waals surface area contributed by atoms with Gasteiger partial charge in [-0.3, -0.25) is 4.79 Å². The van der Waals surface area contributed by atoms with Gasteiger partial charge in [0.1, 0.15) is 5.65 Å². The minimum atomic E-state index is -0.555. The predicted molar refractivity (Wildman–Crippen MR) is 157 cm³/mol. The van der Waals surface area contributed by atoms with Crippen LogP contribution >= 0.6 is 11.6 Å². The highest BCUT2D eigenvalue weighted by Crippen LogP contribution is 2.38. The van der Waals surface area contributed by atoms with Crippen LogP contribution in [0, 0.1) is 5.92 Å². The van der Waals surface area contributed by atoms with Crippen LogP contribution in [0.25, 0.3) is 11.0 Å². The number of nitrogens with one attached hydrogen (secondary N) is 2. The number of carbonyl (C=O) groups is 2. The summed E-state index contributed by atoms with van der Waals surface area (Å²) in [7, 11) is 4.41. The molecule has 0 saturated carbocycles. The van der Waals surface area contributed by atoms with Crippen molar-refractivity contribution >= 4 is 45.9 Å². The first-order valence-electron chi connectivity index (χ1n) is 12.8. The summed E-state index contributed by atoms with van der Waals surface area (Å²) in [4.78, 5) is 30.8. The molecular formula is C30H33ClN4O5. The molecule has 0 atom stereocenters. The second kappa shape index (κ2) is 12.7. The molecule has 210 valence electrons. The fourth-order valence-corrected chi connectivity index (χ4v) is 4.83. The van der Waals surface area contributed by atoms with E-state index >= 15 is 0 Å². The van der Waals surface area contributed by atoms with Gasteiger partial charge in [0.2, 0.25) is 5.91 Å². The van der Waals surface area contributed by atoms with Crippen LogP contribution in [0.5, 0.6) is 11.5 Å². The number of aromatic nitrogens is 2. The van der Waals surface area contributed by atoms with Crippen molar-refractivity contribution in [1.29, 1.82) is 0 Å². The molecule has 10 heteroatoms. The summed E-state index contributed by atoms with van der Waals surface area (Å²) in [6, 6.07) is 14.9. The number of benzene rings is 2. The Morgan fingerprint density at radius 1 is 1.05 bits per heavy atom. The lowest BCUT2D eigenvalue weighted by atomic mass is 10.1. The predicted octanol–water partition coefficient (Wildman–Crippen LogP) is 5.94. The maximum absolute atomic E-state index is 13.1. The van der Waals surface area contributed by atoms with Gasteiger partial charge in [0.05, 0.1) is 50.3 Å². The average Bonchev–Trinajstić information content (AvgIpc) is 3.23. The Labute approximate surface area is 238 Å². The molecule has 4 rings (SSSR count). The first-order valence-corrected chi connectivity index (χ1v) is 13.2. The monoisotopic (exact) mass is 564 g/mol. The maximum Gasteiger partial charge on any atom is 0.356 e. The number of fused-ring (bicyclic) bond motifs is 1. The lowest BCUT2D eigenvalue weighted by Gasteiger charge is -2.14. The number of anilines is 2. The minimum Gasteiger partial charge on any atom is -0.493 e. The van der Waals surface area contributed by atoms with Crippen LogP contribution in [-0.2, 0) is 29.0 Å². The molecule has 2 heterocycles. The largest absolute Gasteiger partial charge is 0.493 e. The van der Waals surface area contributed by atoms with Crippen LogP contribution in [-0.4, -0.2) is 42.8 Å². The number of methoxy groups -OCH3 is 3. The number of pyridine rings is 1. The maximum atomic E-state index is 13.1. The van der Waals surface area contributed by atoms with Crippen LogP contribution in [0.1, 0.15) is 35.5 Å². The molecule has 0 spiro atoms. The van der Waals surface area contributed by atoms with Gasteiger partial charge in [-0.1, -0.05) is 61.8 Å². The Hall–Kier alpha value is -4.24. The fraction of sp³-hybridized carbons (Fsp3) is 0.300. The van der Waals surface area contributed by atoms with Crippen LogP contribution in [0.15, 0.2) is 54.7 Å². The summed E-state index contributed by atoms with van der Waals surface area (Å²) in [5.74, 6) is 0.389. The Balaban J connectivity index is 1.73. The van der Waals surface area contributed by atoms with Gasteiger partial charge in [-0.15, -0.1) is 0 Å². The van der Waals surface area contributed by atoms with Crippen LogP contribution in [0.2, 0.25) is 5.02 Å². The van der Waals surface area contributed by atoms with Crippen molar-refractivity contribution in [2.45, 2.75) is 33.4 Å². The fourth-order valence-electron chi connectivity index (χ4n) is 4.53. The van der Waals surface area contributed by atoms with Gasteiger partial charge in [0.15, 0.2) is 17.2 Å². The van der Waals surface area contributed by atoms with Crippen molar-refractivity contribution in [3.63, 3.8) is 0 Å². The van der Waals surface area contributed by atoms with Crippen molar-refractivity contribution < 1.29 is 23.8 Å². The summed E-state index contributed by atoms with van der Waals surface area (Å²) in [6.07, 6.45) is 1.84. The van der Waals surface area contributed by atoms with Gasteiger partial charge in [-0.2, -0.15) is 0 Å². The molecule has 0 aliphatic carbocycles. The van der Waals surface area contributed by atoms with E-state index in [0.717, 1.165) is 11.1 Å². The highest BCUT2D eigenvalue weighted by Gasteiger charge is 2.26. The van der Waals surface area contributed by atoms with Crippen molar-refractivity contribution in [3.8, 4) is 11.5 Å². The van der Waals surface area contributed by atoms with E-state index in [-0.39, 0.29) is 23.9 Å². The summed E-state index contributed by atoms with van der Waals surface area (Å²) in [6.45, 7) is 4.97. The molecule has 2 aromatic heterocycles. The van der Waals surface area contributed by atoms with E-state index in [0.29, 0.717) is 52.0 Å². The Morgan fingerprint density at radius 2 is 1.80 bits per heavy atom. The van der Waals surface area contributed by atoms with Crippen molar-refractivity contribution in [2.75, 3.05) is 32.0 Å². The highest BCUT2D eigenvalue weighted by atomic mass is 35.5. The zero-order valence-electron chi connectivity index (χ0n) is 23.2. The number of carbonyl (C=O) groups excluding carboxylic acids is 2. The van der Waals surface area contributed by atoms with Crippen molar-refractivity contribution in [1.82, 2.24) is 9.55 Å². The van der Waals surface area contributed by atoms with Gasteiger partial charge < -0.3 is 29.4 Å². The van der Waals surface area contributed by atoms with Gasteiger partial charge in [-0.05, 0) is 29.2 Å². The number of amides is 1. The molecule has 0 saturated heterocycles. The third kappa shape index (κ3) is 6.15. The van der Waals surface area contributed by atoms with Gasteiger partial charge in [0.25, 0.3) is 0 Å². The van der Waals surface area contributed by atoms with E-state index in [2.05, 4.69) is 15.6 Å². The van der Waals surface area contributed by atoms with Crippen LogP contribution in [0.4, 0.5) is 11.4 Å². The average molecular weight is 565 g/mol. The molecule has 0 aliphatic heterocycles. The summed E-state index contributed by atoms with van der Waals surface area (Å²) >= 11 is 6.56. The quantitative estimate of drug-likeness (QED) is 0.217. The molecule has 4 aromatic rings. The molecule has 40 heavy (non-hydrogen) atoms. The highest BCUT2D eigenvalue weighted by molar-refractivity contribution is 6.33. The smallest absolute Gasteiger partial charge is 0.356 e. The van der Waals surface area contributed by atoms with E-state index in [4.69, 9.17) is 25.8 Å². The number of halogens is 1. The molecule has 0 bridgehead atoms. The SMILES string of the molecule is COC(=O)c1c(NC(=O)Cc2ccccc2)c2cc(NCc3ccc(OC)c(OC)c3Cl)cnc2n1CC(C)C. The molecule has 0 unspecified atom stereocenters. The topological polar surface area (TPSA) is 104 Å². The Morgan fingerprint density at radius 3 is 2.45 bits per heavy atom. The molecule has 0 radical (unpaired) electrons. The number of rotatable bonds is 11. The third-order valence-corrected chi connectivity index (χ3v) is 6.76. The second-order valence-corrected chi connectivity index (χ2v) is 10.0. The Bertz CT molecular complexity index is 1520. The number of nitrogens with zero attached hydrogens (tertiary/aromatic N) is 2. The molecule has 2 N–H and O–H groups in total. The van der Waals surface area contributed by atoms with Crippen LogP contribution in [0.3, 0.4) is 0 Å². The lowest BCUT2D eigenvalue weighted by Crippen LogP contribution is -2.19. The van der Waals surface area contributed by atoms with E-state index in [1.165, 1.54) is 14.2 Å². The number of hydrogen-bond acceptors (Lipinski definition) is 7. The number of esters is 1. The van der Waals surface area contributed by atoms with E-state index < -0.39 is 5.97 Å².